The zero-order valence-electron chi connectivity index (χ0n) is 17.9. The zero-order valence-corrected chi connectivity index (χ0v) is 17.9. The molecule has 0 saturated heterocycles. The lowest BCUT2D eigenvalue weighted by Gasteiger charge is -2.28. The van der Waals surface area contributed by atoms with Crippen LogP contribution in [0.4, 0.5) is 14.9 Å². The molecule has 0 atom stereocenters. The van der Waals surface area contributed by atoms with Crippen LogP contribution in [-0.4, -0.2) is 21.2 Å². The first-order valence-electron chi connectivity index (χ1n) is 9.81. The van der Waals surface area contributed by atoms with E-state index >= 15 is 0 Å². The highest BCUT2D eigenvalue weighted by molar-refractivity contribution is 6.00. The number of amides is 1. The van der Waals surface area contributed by atoms with Crippen LogP contribution in [0.2, 0.25) is 0 Å². The van der Waals surface area contributed by atoms with Gasteiger partial charge < -0.3 is 9.30 Å². The summed E-state index contributed by atoms with van der Waals surface area (Å²) in [7, 11) is 0. The van der Waals surface area contributed by atoms with Gasteiger partial charge in [0.2, 0.25) is 0 Å². The van der Waals surface area contributed by atoms with E-state index in [4.69, 9.17) is 4.74 Å². The summed E-state index contributed by atoms with van der Waals surface area (Å²) >= 11 is 0. The van der Waals surface area contributed by atoms with Gasteiger partial charge in [0.05, 0.1) is 23.3 Å². The van der Waals surface area contributed by atoms with Gasteiger partial charge in [-0.15, -0.1) is 0 Å². The molecule has 154 valence electrons. The van der Waals surface area contributed by atoms with Crippen molar-refractivity contribution in [3.63, 3.8) is 0 Å². The van der Waals surface area contributed by atoms with E-state index in [9.17, 15) is 9.18 Å². The Morgan fingerprint density at radius 2 is 1.83 bits per heavy atom. The molecule has 0 N–H and O–H groups in total. The third kappa shape index (κ3) is 4.26. The first-order chi connectivity index (χ1) is 13.6. The van der Waals surface area contributed by atoms with Crippen LogP contribution in [0.5, 0.6) is 0 Å². The van der Waals surface area contributed by atoms with E-state index in [2.05, 4.69) is 23.4 Å². The molecule has 0 aliphatic rings. The predicted molar refractivity (Wildman–Crippen MR) is 114 cm³/mol. The number of carbonyl (C=O) groups excluding carboxylic acids is 1. The van der Waals surface area contributed by atoms with Crippen molar-refractivity contribution >= 4 is 22.8 Å². The van der Waals surface area contributed by atoms with E-state index in [1.54, 1.807) is 23.2 Å². The van der Waals surface area contributed by atoms with Crippen molar-refractivity contribution < 1.29 is 13.9 Å². The van der Waals surface area contributed by atoms with Gasteiger partial charge in [-0.1, -0.05) is 12.1 Å². The maximum atomic E-state index is 13.4. The lowest BCUT2D eigenvalue weighted by molar-refractivity contribution is 0.0578. The number of hydrogen-bond acceptors (Lipinski definition) is 3. The summed E-state index contributed by atoms with van der Waals surface area (Å²) in [6.07, 6.45) is 1.26. The standard InChI is InChI=1S/C23H28FN3O2/c1-7-26-16(3)15(2)20-21(26)19(12-13-25-20)27(22(28)29-23(4,5)6)14-17-8-10-18(24)11-9-17/h8-13H,7,14H2,1-6H3. The number of aryl methyl sites for hydroxylation is 2. The van der Waals surface area contributed by atoms with Gasteiger partial charge in [0, 0.05) is 18.4 Å². The number of ether oxygens (including phenoxy) is 1. The number of rotatable bonds is 4. The van der Waals surface area contributed by atoms with E-state index in [1.807, 2.05) is 33.8 Å². The van der Waals surface area contributed by atoms with Gasteiger partial charge in [-0.05, 0) is 70.9 Å². The molecule has 1 amide bonds. The summed E-state index contributed by atoms with van der Waals surface area (Å²) in [4.78, 5) is 19.3. The number of aromatic nitrogens is 2. The summed E-state index contributed by atoms with van der Waals surface area (Å²) in [5.74, 6) is -0.310. The fourth-order valence-electron chi connectivity index (χ4n) is 3.48. The Hall–Kier alpha value is -2.89. The highest BCUT2D eigenvalue weighted by Crippen LogP contribution is 2.33. The van der Waals surface area contributed by atoms with Crippen molar-refractivity contribution in [3.8, 4) is 0 Å². The largest absolute Gasteiger partial charge is 0.443 e. The highest BCUT2D eigenvalue weighted by atomic mass is 19.1. The van der Waals surface area contributed by atoms with Crippen LogP contribution in [0.25, 0.3) is 11.0 Å². The molecule has 0 fully saturated rings. The Balaban J connectivity index is 2.16. The Morgan fingerprint density at radius 1 is 1.17 bits per heavy atom. The number of hydrogen-bond donors (Lipinski definition) is 0. The quantitative estimate of drug-likeness (QED) is 0.563. The Labute approximate surface area is 171 Å². The second-order valence-corrected chi connectivity index (χ2v) is 8.17. The minimum atomic E-state index is -0.636. The Morgan fingerprint density at radius 3 is 2.41 bits per heavy atom. The average Bonchev–Trinajstić information content (AvgIpc) is 2.90. The predicted octanol–water partition coefficient (Wildman–Crippen LogP) is 5.75. The molecule has 0 aliphatic heterocycles. The second kappa shape index (κ2) is 7.85. The van der Waals surface area contributed by atoms with E-state index in [-0.39, 0.29) is 12.4 Å². The number of anilines is 1. The van der Waals surface area contributed by atoms with E-state index < -0.39 is 11.7 Å². The Kier molecular flexibility index (Phi) is 5.64. The number of nitrogens with zero attached hydrogens (tertiary/aromatic N) is 3. The molecular weight excluding hydrogens is 369 g/mol. The number of carbonyl (C=O) groups is 1. The van der Waals surface area contributed by atoms with E-state index in [0.29, 0.717) is 0 Å². The summed E-state index contributed by atoms with van der Waals surface area (Å²) in [5.41, 5.74) is 4.88. The minimum Gasteiger partial charge on any atom is -0.443 e. The monoisotopic (exact) mass is 397 g/mol. The van der Waals surface area contributed by atoms with Crippen LogP contribution in [0.1, 0.15) is 44.5 Å². The molecule has 1 aromatic carbocycles. The average molecular weight is 397 g/mol. The third-order valence-electron chi connectivity index (χ3n) is 4.95. The van der Waals surface area contributed by atoms with Crippen molar-refractivity contribution in [2.75, 3.05) is 4.90 Å². The van der Waals surface area contributed by atoms with Crippen LogP contribution in [0.3, 0.4) is 0 Å². The fraction of sp³-hybridized carbons (Fsp3) is 0.391. The highest BCUT2D eigenvalue weighted by Gasteiger charge is 2.27. The minimum absolute atomic E-state index is 0.265. The molecule has 6 heteroatoms. The molecule has 3 rings (SSSR count). The SMILES string of the molecule is CCn1c(C)c(C)c2nccc(N(Cc3ccc(F)cc3)C(=O)OC(C)(C)C)c21. The van der Waals surface area contributed by atoms with E-state index in [1.165, 1.54) is 12.1 Å². The van der Waals surface area contributed by atoms with Crippen LogP contribution < -0.4 is 4.90 Å². The number of fused-ring (bicyclic) bond motifs is 1. The summed E-state index contributed by atoms with van der Waals surface area (Å²) < 4.78 is 21.2. The first-order valence-corrected chi connectivity index (χ1v) is 9.81. The number of pyridine rings is 1. The van der Waals surface area contributed by atoms with Gasteiger partial charge in [0.15, 0.2) is 0 Å². The number of benzene rings is 1. The van der Waals surface area contributed by atoms with Crippen LogP contribution in [0, 0.1) is 19.7 Å². The molecule has 0 bridgehead atoms. The van der Waals surface area contributed by atoms with Crippen molar-refractivity contribution in [2.45, 2.75) is 60.2 Å². The van der Waals surface area contributed by atoms with Gasteiger partial charge in [0.25, 0.3) is 0 Å². The van der Waals surface area contributed by atoms with E-state index in [0.717, 1.165) is 40.1 Å². The topological polar surface area (TPSA) is 47.4 Å². The van der Waals surface area contributed by atoms with Gasteiger partial charge in [-0.2, -0.15) is 0 Å². The lowest BCUT2D eigenvalue weighted by atomic mass is 10.1. The molecular formula is C23H28FN3O2. The molecule has 0 radical (unpaired) electrons. The summed E-state index contributed by atoms with van der Waals surface area (Å²) in [5, 5.41) is 0. The molecule has 0 unspecified atom stereocenters. The second-order valence-electron chi connectivity index (χ2n) is 8.17. The molecule has 2 aromatic heterocycles. The molecule has 0 aliphatic carbocycles. The van der Waals surface area contributed by atoms with Crippen molar-refractivity contribution in [3.05, 3.63) is 59.2 Å². The molecule has 29 heavy (non-hydrogen) atoms. The molecule has 0 saturated carbocycles. The number of halogens is 1. The Bertz CT molecular complexity index is 1030. The molecule has 5 nitrogen and oxygen atoms in total. The summed E-state index contributed by atoms with van der Waals surface area (Å²) in [6, 6.07) is 7.99. The fourth-order valence-corrected chi connectivity index (χ4v) is 3.48. The van der Waals surface area contributed by atoms with Crippen molar-refractivity contribution in [1.82, 2.24) is 9.55 Å². The smallest absolute Gasteiger partial charge is 0.415 e. The third-order valence-corrected chi connectivity index (χ3v) is 4.95. The van der Waals surface area contributed by atoms with Crippen LogP contribution in [-0.2, 0) is 17.8 Å². The summed E-state index contributed by atoms with van der Waals surface area (Å²) in [6.45, 7) is 12.7. The maximum absolute atomic E-state index is 13.4. The lowest BCUT2D eigenvalue weighted by Crippen LogP contribution is -2.36. The maximum Gasteiger partial charge on any atom is 0.415 e. The van der Waals surface area contributed by atoms with Crippen LogP contribution in [0.15, 0.2) is 36.5 Å². The van der Waals surface area contributed by atoms with Gasteiger partial charge >= 0.3 is 6.09 Å². The van der Waals surface area contributed by atoms with Gasteiger partial charge in [-0.3, -0.25) is 9.88 Å². The molecule has 0 spiro atoms. The van der Waals surface area contributed by atoms with Crippen molar-refractivity contribution in [2.24, 2.45) is 0 Å². The van der Waals surface area contributed by atoms with Gasteiger partial charge in [-0.25, -0.2) is 9.18 Å². The first kappa shape index (κ1) is 20.8. The van der Waals surface area contributed by atoms with Gasteiger partial charge in [0.1, 0.15) is 11.4 Å². The van der Waals surface area contributed by atoms with Crippen LogP contribution >= 0.6 is 0 Å². The zero-order chi connectivity index (χ0) is 21.3. The molecule has 2 heterocycles. The normalized spacial score (nSPS) is 11.7. The van der Waals surface area contributed by atoms with Crippen molar-refractivity contribution in [1.29, 1.82) is 0 Å². The molecule has 3 aromatic rings.